The summed E-state index contributed by atoms with van der Waals surface area (Å²) in [6.07, 6.45) is 6.97. The molecule has 6 nitrogen and oxygen atoms in total. The number of nitrogen functional groups attached to an aromatic ring is 1. The molecule has 3 rings (SSSR count). The molecule has 2 aliphatic rings. The highest BCUT2D eigenvalue weighted by Crippen LogP contribution is 2.64. The first-order chi connectivity index (χ1) is 11.0. The van der Waals surface area contributed by atoms with Crippen molar-refractivity contribution < 1.29 is 9.53 Å². The van der Waals surface area contributed by atoms with Crippen molar-refractivity contribution in [2.75, 3.05) is 24.2 Å². The molecule has 6 heteroatoms. The molecular weight excluding hydrogens is 292 g/mol. The van der Waals surface area contributed by atoms with Crippen LogP contribution < -0.4 is 11.1 Å². The largest absolute Gasteiger partial charge is 0.466 e. The standard InChI is InChI=1S/C17H22N4O2/c1-2-23-15(22)17(9-16(10-17)5-3-6-16)11-21-13-4-7-20-14(19)12(13)8-18/h4,7H,2-3,5-6,9-11H2,1H3,(H3,19,20,21). The van der Waals surface area contributed by atoms with Gasteiger partial charge in [-0.25, -0.2) is 4.98 Å². The third-order valence-electron chi connectivity index (χ3n) is 5.26. The SMILES string of the molecule is CCOC(=O)C1(CNc2ccnc(N)c2C#N)CC2(CCC2)C1. The van der Waals surface area contributed by atoms with E-state index in [0.29, 0.717) is 29.8 Å². The van der Waals surface area contributed by atoms with E-state index in [-0.39, 0.29) is 11.8 Å². The van der Waals surface area contributed by atoms with Gasteiger partial charge in [-0.15, -0.1) is 0 Å². The Bertz CT molecular complexity index is 653. The number of hydrogen-bond donors (Lipinski definition) is 2. The number of carbonyl (C=O) groups is 1. The second-order valence-electron chi connectivity index (χ2n) is 6.79. The maximum Gasteiger partial charge on any atom is 0.313 e. The molecule has 1 spiro atoms. The lowest BCUT2D eigenvalue weighted by Gasteiger charge is -2.59. The van der Waals surface area contributed by atoms with Crippen LogP contribution >= 0.6 is 0 Å². The van der Waals surface area contributed by atoms with Crippen LogP contribution in [0, 0.1) is 22.2 Å². The van der Waals surface area contributed by atoms with Gasteiger partial charge in [0.1, 0.15) is 17.5 Å². The number of aromatic nitrogens is 1. The van der Waals surface area contributed by atoms with E-state index in [0.717, 1.165) is 12.8 Å². The summed E-state index contributed by atoms with van der Waals surface area (Å²) in [6, 6.07) is 3.78. The average molecular weight is 314 g/mol. The van der Waals surface area contributed by atoms with Gasteiger partial charge in [0.05, 0.1) is 17.7 Å². The van der Waals surface area contributed by atoms with E-state index >= 15 is 0 Å². The van der Waals surface area contributed by atoms with Crippen molar-refractivity contribution in [3.8, 4) is 6.07 Å². The number of ether oxygens (including phenoxy) is 1. The topological polar surface area (TPSA) is 101 Å². The summed E-state index contributed by atoms with van der Waals surface area (Å²) in [6.45, 7) is 2.68. The van der Waals surface area contributed by atoms with Crippen molar-refractivity contribution in [1.29, 1.82) is 5.26 Å². The molecule has 0 radical (unpaired) electrons. The molecule has 122 valence electrons. The van der Waals surface area contributed by atoms with Crippen molar-refractivity contribution in [2.24, 2.45) is 10.8 Å². The molecule has 0 aromatic carbocycles. The van der Waals surface area contributed by atoms with E-state index in [2.05, 4.69) is 16.4 Å². The molecule has 23 heavy (non-hydrogen) atoms. The Labute approximate surface area is 136 Å². The zero-order chi connectivity index (χ0) is 16.5. The van der Waals surface area contributed by atoms with Crippen LogP contribution in [-0.4, -0.2) is 24.1 Å². The highest BCUT2D eigenvalue weighted by atomic mass is 16.5. The Morgan fingerprint density at radius 3 is 2.83 bits per heavy atom. The van der Waals surface area contributed by atoms with Crippen LogP contribution in [0.25, 0.3) is 0 Å². The Hall–Kier alpha value is -2.29. The first kappa shape index (κ1) is 15.6. The van der Waals surface area contributed by atoms with Gasteiger partial charge in [-0.3, -0.25) is 4.79 Å². The number of nitrogens with one attached hydrogen (secondary N) is 1. The molecule has 0 atom stereocenters. The summed E-state index contributed by atoms with van der Waals surface area (Å²) >= 11 is 0. The molecule has 0 bridgehead atoms. The molecule has 3 N–H and O–H groups in total. The summed E-state index contributed by atoms with van der Waals surface area (Å²) in [5, 5.41) is 12.5. The van der Waals surface area contributed by atoms with Crippen LogP contribution in [-0.2, 0) is 9.53 Å². The van der Waals surface area contributed by atoms with Gasteiger partial charge >= 0.3 is 5.97 Å². The fourth-order valence-electron chi connectivity index (χ4n) is 4.05. The van der Waals surface area contributed by atoms with Crippen LogP contribution in [0.4, 0.5) is 11.5 Å². The van der Waals surface area contributed by atoms with Crippen molar-refractivity contribution in [3.63, 3.8) is 0 Å². The van der Waals surface area contributed by atoms with E-state index in [9.17, 15) is 10.1 Å². The molecule has 1 aromatic rings. The Morgan fingerprint density at radius 1 is 1.52 bits per heavy atom. The highest BCUT2D eigenvalue weighted by Gasteiger charge is 2.61. The van der Waals surface area contributed by atoms with Gasteiger partial charge in [0.2, 0.25) is 0 Å². The Balaban J connectivity index is 1.74. The molecule has 1 heterocycles. The quantitative estimate of drug-likeness (QED) is 0.810. The summed E-state index contributed by atoms with van der Waals surface area (Å²) in [7, 11) is 0. The van der Waals surface area contributed by atoms with Gasteiger partial charge < -0.3 is 15.8 Å². The molecule has 2 aliphatic carbocycles. The predicted octanol–water partition coefficient (Wildman–Crippen LogP) is 2.46. The molecule has 1 aromatic heterocycles. The summed E-state index contributed by atoms with van der Waals surface area (Å²) < 4.78 is 5.30. The van der Waals surface area contributed by atoms with E-state index < -0.39 is 5.41 Å². The third kappa shape index (κ3) is 2.61. The van der Waals surface area contributed by atoms with Crippen LogP contribution in [0.5, 0.6) is 0 Å². The molecule has 0 amide bonds. The fourth-order valence-corrected chi connectivity index (χ4v) is 4.05. The Morgan fingerprint density at radius 2 is 2.26 bits per heavy atom. The van der Waals surface area contributed by atoms with Gasteiger partial charge in [0.15, 0.2) is 0 Å². The third-order valence-corrected chi connectivity index (χ3v) is 5.26. The van der Waals surface area contributed by atoms with Gasteiger partial charge in [0.25, 0.3) is 0 Å². The fraction of sp³-hybridized carbons (Fsp3) is 0.588. The van der Waals surface area contributed by atoms with Crippen LogP contribution in [0.1, 0.15) is 44.6 Å². The van der Waals surface area contributed by atoms with Gasteiger partial charge in [-0.2, -0.15) is 5.26 Å². The zero-order valence-corrected chi connectivity index (χ0v) is 13.4. The van der Waals surface area contributed by atoms with Gasteiger partial charge in [-0.1, -0.05) is 6.42 Å². The monoisotopic (exact) mass is 314 g/mol. The molecule has 0 unspecified atom stereocenters. The minimum atomic E-state index is -0.485. The average Bonchev–Trinajstić information content (AvgIpc) is 2.45. The van der Waals surface area contributed by atoms with Crippen LogP contribution in [0.15, 0.2) is 12.3 Å². The second-order valence-corrected chi connectivity index (χ2v) is 6.79. The molecule has 0 aliphatic heterocycles. The molecule has 2 fully saturated rings. The van der Waals surface area contributed by atoms with E-state index in [1.165, 1.54) is 19.3 Å². The number of rotatable bonds is 5. The van der Waals surface area contributed by atoms with Crippen molar-refractivity contribution in [2.45, 2.75) is 39.0 Å². The van der Waals surface area contributed by atoms with Crippen molar-refractivity contribution in [1.82, 2.24) is 4.98 Å². The maximum absolute atomic E-state index is 12.5. The Kier molecular flexibility index (Phi) is 3.88. The number of nitrogens with zero attached hydrogens (tertiary/aromatic N) is 2. The van der Waals surface area contributed by atoms with Crippen LogP contribution in [0.2, 0.25) is 0 Å². The molecule has 0 saturated heterocycles. The maximum atomic E-state index is 12.5. The second kappa shape index (κ2) is 5.73. The van der Waals surface area contributed by atoms with E-state index in [1.807, 2.05) is 6.92 Å². The lowest BCUT2D eigenvalue weighted by atomic mass is 9.45. The number of hydrogen-bond acceptors (Lipinski definition) is 6. The van der Waals surface area contributed by atoms with E-state index in [1.54, 1.807) is 12.3 Å². The summed E-state index contributed by atoms with van der Waals surface area (Å²) in [5.74, 6) is 0.0670. The van der Waals surface area contributed by atoms with Crippen molar-refractivity contribution >= 4 is 17.5 Å². The molecular formula is C17H22N4O2. The normalized spacial score (nSPS) is 20.0. The minimum Gasteiger partial charge on any atom is -0.466 e. The predicted molar refractivity (Wildman–Crippen MR) is 86.4 cm³/mol. The lowest BCUT2D eigenvalue weighted by molar-refractivity contribution is -0.178. The van der Waals surface area contributed by atoms with Gasteiger partial charge in [0, 0.05) is 12.7 Å². The lowest BCUT2D eigenvalue weighted by Crippen LogP contribution is -2.57. The number of carbonyl (C=O) groups excluding carboxylic acids is 1. The van der Waals surface area contributed by atoms with E-state index in [4.69, 9.17) is 10.5 Å². The number of pyridine rings is 1. The highest BCUT2D eigenvalue weighted by molar-refractivity contribution is 5.80. The number of nitriles is 1. The minimum absolute atomic E-state index is 0.134. The number of anilines is 2. The summed E-state index contributed by atoms with van der Waals surface area (Å²) in [5.41, 5.74) is 6.55. The number of nitrogens with two attached hydrogens (primary N) is 1. The first-order valence-electron chi connectivity index (χ1n) is 8.10. The van der Waals surface area contributed by atoms with Crippen molar-refractivity contribution in [3.05, 3.63) is 17.8 Å². The number of esters is 1. The first-order valence-corrected chi connectivity index (χ1v) is 8.10. The molecule has 2 saturated carbocycles. The smallest absolute Gasteiger partial charge is 0.313 e. The summed E-state index contributed by atoms with van der Waals surface area (Å²) in [4.78, 5) is 16.4. The van der Waals surface area contributed by atoms with Crippen LogP contribution in [0.3, 0.4) is 0 Å². The zero-order valence-electron chi connectivity index (χ0n) is 13.4. The van der Waals surface area contributed by atoms with Gasteiger partial charge in [-0.05, 0) is 44.1 Å².